The number of primary amides is 1. The van der Waals surface area contributed by atoms with Gasteiger partial charge in [-0.05, 0) is 23.8 Å². The van der Waals surface area contributed by atoms with Crippen LogP contribution in [0.25, 0.3) is 0 Å². The molecule has 0 heterocycles. The van der Waals surface area contributed by atoms with Crippen molar-refractivity contribution in [3.63, 3.8) is 0 Å². The number of nitrogens with zero attached hydrogens (tertiary/aromatic N) is 1. The van der Waals surface area contributed by atoms with Gasteiger partial charge in [0.2, 0.25) is 5.91 Å². The van der Waals surface area contributed by atoms with Crippen LogP contribution in [0.5, 0.6) is 0 Å². The number of aliphatic carboxylic acids is 2. The van der Waals surface area contributed by atoms with Crippen molar-refractivity contribution in [3.8, 4) is 0 Å². The lowest BCUT2D eigenvalue weighted by molar-refractivity contribution is -0.150. The maximum atomic E-state index is 11.7. The summed E-state index contributed by atoms with van der Waals surface area (Å²) in [6.45, 7) is 6.24. The largest absolute Gasteiger partial charge is 0.480 e. The Morgan fingerprint density at radius 1 is 1.11 bits per heavy atom. The standard InChI is InChI=1S/C19H29N3O5/c1-19(2,3)9-10-22(15(18(26)27)12-16(20)23)21-14(17(24)25)11-13-7-5-4-6-8-13/h4-8,14-15,21H,9-12H2,1-3H3,(H2,20,23)(H,24,25)(H,26,27)/t14-,15-/m0/s1. The molecule has 0 spiro atoms. The fourth-order valence-corrected chi connectivity index (χ4v) is 2.53. The van der Waals surface area contributed by atoms with Gasteiger partial charge in [-0.25, -0.2) is 10.4 Å². The minimum Gasteiger partial charge on any atom is -0.480 e. The third-order valence-corrected chi connectivity index (χ3v) is 4.06. The molecule has 1 aromatic rings. The molecule has 2 atom stereocenters. The molecule has 0 bridgehead atoms. The van der Waals surface area contributed by atoms with E-state index in [0.717, 1.165) is 5.56 Å². The Hall–Kier alpha value is -2.45. The highest BCUT2D eigenvalue weighted by Gasteiger charge is 2.32. The van der Waals surface area contributed by atoms with Crippen molar-refractivity contribution in [2.45, 2.75) is 52.1 Å². The average molecular weight is 379 g/mol. The molecule has 0 saturated heterocycles. The lowest BCUT2D eigenvalue weighted by atomic mass is 9.92. The Morgan fingerprint density at radius 3 is 2.15 bits per heavy atom. The first kappa shape index (κ1) is 22.6. The van der Waals surface area contributed by atoms with E-state index >= 15 is 0 Å². The monoisotopic (exact) mass is 379 g/mol. The number of carboxylic acids is 2. The van der Waals surface area contributed by atoms with Crippen LogP contribution in [0.1, 0.15) is 39.2 Å². The van der Waals surface area contributed by atoms with E-state index in [9.17, 15) is 24.6 Å². The highest BCUT2D eigenvalue weighted by Crippen LogP contribution is 2.20. The van der Waals surface area contributed by atoms with Gasteiger partial charge in [0.25, 0.3) is 0 Å². The Balaban J connectivity index is 3.04. The SMILES string of the molecule is CC(C)(C)CCN(N[C@@H](Cc1ccccc1)C(=O)O)[C@@H](CC(N)=O)C(=O)O. The fraction of sp³-hybridized carbons (Fsp3) is 0.526. The lowest BCUT2D eigenvalue weighted by Crippen LogP contribution is -2.57. The molecule has 1 aromatic carbocycles. The van der Waals surface area contributed by atoms with Gasteiger partial charge in [-0.1, -0.05) is 51.1 Å². The maximum Gasteiger partial charge on any atom is 0.322 e. The second kappa shape index (κ2) is 10.0. The molecular formula is C19H29N3O5. The summed E-state index contributed by atoms with van der Waals surface area (Å²) in [6.07, 6.45) is 0.357. The normalized spacial score (nSPS) is 13.9. The molecule has 8 nitrogen and oxygen atoms in total. The molecule has 1 rings (SSSR count). The van der Waals surface area contributed by atoms with Crippen LogP contribution in [0.2, 0.25) is 0 Å². The first-order valence-corrected chi connectivity index (χ1v) is 8.80. The topological polar surface area (TPSA) is 133 Å². The third kappa shape index (κ3) is 8.65. The molecule has 8 heteroatoms. The Labute approximate surface area is 159 Å². The number of hydrazine groups is 1. The van der Waals surface area contributed by atoms with Gasteiger partial charge >= 0.3 is 11.9 Å². The summed E-state index contributed by atoms with van der Waals surface area (Å²) >= 11 is 0. The number of carbonyl (C=O) groups is 3. The summed E-state index contributed by atoms with van der Waals surface area (Å²) in [7, 11) is 0. The van der Waals surface area contributed by atoms with Crippen molar-refractivity contribution < 1.29 is 24.6 Å². The van der Waals surface area contributed by atoms with E-state index in [1.54, 1.807) is 24.3 Å². The van der Waals surface area contributed by atoms with Crippen LogP contribution in [-0.2, 0) is 20.8 Å². The van der Waals surface area contributed by atoms with E-state index in [1.807, 2.05) is 26.8 Å². The average Bonchev–Trinajstić information content (AvgIpc) is 2.55. The molecule has 0 aliphatic heterocycles. The van der Waals surface area contributed by atoms with Crippen LogP contribution in [-0.4, -0.2) is 51.7 Å². The van der Waals surface area contributed by atoms with Gasteiger partial charge in [-0.3, -0.25) is 14.4 Å². The number of nitrogens with one attached hydrogen (secondary N) is 1. The van der Waals surface area contributed by atoms with Crippen molar-refractivity contribution in [2.24, 2.45) is 11.1 Å². The van der Waals surface area contributed by atoms with Gasteiger partial charge in [0, 0.05) is 6.54 Å². The van der Waals surface area contributed by atoms with Crippen LogP contribution >= 0.6 is 0 Å². The highest BCUT2D eigenvalue weighted by molar-refractivity contribution is 5.83. The summed E-state index contributed by atoms with van der Waals surface area (Å²) in [5.41, 5.74) is 8.70. The molecule has 0 radical (unpaired) electrons. The zero-order chi connectivity index (χ0) is 20.6. The van der Waals surface area contributed by atoms with Gasteiger partial charge in [-0.15, -0.1) is 0 Å². The van der Waals surface area contributed by atoms with Gasteiger partial charge in [0.15, 0.2) is 0 Å². The Bertz CT molecular complexity index is 642. The molecule has 0 aromatic heterocycles. The summed E-state index contributed by atoms with van der Waals surface area (Å²) in [5, 5.41) is 20.4. The molecule has 1 amide bonds. The van der Waals surface area contributed by atoms with E-state index in [2.05, 4.69) is 5.43 Å². The van der Waals surface area contributed by atoms with Crippen molar-refractivity contribution >= 4 is 17.8 Å². The highest BCUT2D eigenvalue weighted by atomic mass is 16.4. The van der Waals surface area contributed by atoms with Crippen molar-refractivity contribution in [3.05, 3.63) is 35.9 Å². The first-order chi connectivity index (χ1) is 12.5. The number of hydrogen-bond donors (Lipinski definition) is 4. The van der Waals surface area contributed by atoms with Crippen LogP contribution in [0.15, 0.2) is 30.3 Å². The van der Waals surface area contributed by atoms with Crippen molar-refractivity contribution in [2.75, 3.05) is 6.54 Å². The zero-order valence-corrected chi connectivity index (χ0v) is 16.0. The van der Waals surface area contributed by atoms with Crippen LogP contribution in [0.3, 0.4) is 0 Å². The summed E-state index contributed by atoms with van der Waals surface area (Å²) in [4.78, 5) is 34.7. The van der Waals surface area contributed by atoms with E-state index in [0.29, 0.717) is 6.42 Å². The molecule has 0 fully saturated rings. The predicted molar refractivity (Wildman–Crippen MR) is 101 cm³/mol. The molecule has 5 N–H and O–H groups in total. The quantitative estimate of drug-likeness (QED) is 0.425. The van der Waals surface area contributed by atoms with E-state index in [-0.39, 0.29) is 18.4 Å². The zero-order valence-electron chi connectivity index (χ0n) is 16.0. The number of rotatable bonds is 11. The predicted octanol–water partition coefficient (Wildman–Crippen LogP) is 1.25. The number of amides is 1. The minimum atomic E-state index is -1.25. The number of carbonyl (C=O) groups excluding carboxylic acids is 1. The maximum absolute atomic E-state index is 11.7. The first-order valence-electron chi connectivity index (χ1n) is 8.80. The molecule has 0 aliphatic rings. The van der Waals surface area contributed by atoms with E-state index in [4.69, 9.17) is 5.73 Å². The molecule has 0 aliphatic carbocycles. The van der Waals surface area contributed by atoms with Crippen LogP contribution < -0.4 is 11.2 Å². The smallest absolute Gasteiger partial charge is 0.322 e. The second-order valence-corrected chi connectivity index (χ2v) is 7.74. The molecule has 150 valence electrons. The number of hydrogen-bond acceptors (Lipinski definition) is 5. The summed E-state index contributed by atoms with van der Waals surface area (Å²) in [6, 6.07) is 6.75. The van der Waals surface area contributed by atoms with Gasteiger partial charge in [0.1, 0.15) is 12.1 Å². The number of nitrogens with two attached hydrogens (primary N) is 1. The van der Waals surface area contributed by atoms with Crippen molar-refractivity contribution in [1.82, 2.24) is 10.4 Å². The Kier molecular flexibility index (Phi) is 8.39. The summed E-state index contributed by atoms with van der Waals surface area (Å²) < 4.78 is 0. The molecule has 0 saturated carbocycles. The van der Waals surface area contributed by atoms with Crippen molar-refractivity contribution in [1.29, 1.82) is 0 Å². The fourth-order valence-electron chi connectivity index (χ4n) is 2.53. The van der Waals surface area contributed by atoms with E-state index < -0.39 is 36.4 Å². The molecule has 27 heavy (non-hydrogen) atoms. The third-order valence-electron chi connectivity index (χ3n) is 4.06. The van der Waals surface area contributed by atoms with Crippen LogP contribution in [0.4, 0.5) is 0 Å². The number of benzene rings is 1. The lowest BCUT2D eigenvalue weighted by Gasteiger charge is -2.33. The Morgan fingerprint density at radius 2 is 1.70 bits per heavy atom. The number of carboxylic acid groups (broad SMARTS) is 2. The van der Waals surface area contributed by atoms with Crippen LogP contribution in [0, 0.1) is 5.41 Å². The minimum absolute atomic E-state index is 0.103. The van der Waals surface area contributed by atoms with Gasteiger partial charge in [0.05, 0.1) is 6.42 Å². The van der Waals surface area contributed by atoms with Gasteiger partial charge < -0.3 is 15.9 Å². The molecule has 0 unspecified atom stereocenters. The molecular weight excluding hydrogens is 350 g/mol. The van der Waals surface area contributed by atoms with Gasteiger partial charge in [-0.2, -0.15) is 0 Å². The van der Waals surface area contributed by atoms with E-state index in [1.165, 1.54) is 5.01 Å². The second-order valence-electron chi connectivity index (χ2n) is 7.74. The summed E-state index contributed by atoms with van der Waals surface area (Å²) in [5.74, 6) is -3.11.